The molecular weight excluding hydrogens is 443 g/mol. The second-order valence-electron chi connectivity index (χ2n) is 8.21. The van der Waals surface area contributed by atoms with Gasteiger partial charge in [-0.2, -0.15) is 0 Å². The summed E-state index contributed by atoms with van der Waals surface area (Å²) in [6.45, 7) is 7.01. The molecule has 2 unspecified atom stereocenters. The zero-order valence-corrected chi connectivity index (χ0v) is 20.5. The Hall–Kier alpha value is -2.14. The van der Waals surface area contributed by atoms with Crippen LogP contribution in [0, 0.1) is 12.8 Å². The van der Waals surface area contributed by atoms with E-state index >= 15 is 0 Å². The lowest BCUT2D eigenvalue weighted by atomic mass is 9.91. The van der Waals surface area contributed by atoms with E-state index in [0.717, 1.165) is 41.4 Å². The highest BCUT2D eigenvalue weighted by Crippen LogP contribution is 2.49. The third-order valence-corrected chi connectivity index (χ3v) is 6.03. The molecule has 1 aromatic heterocycles. The van der Waals surface area contributed by atoms with Gasteiger partial charge < -0.3 is 10.5 Å². The van der Waals surface area contributed by atoms with Crippen LogP contribution in [0.15, 0.2) is 42.5 Å². The highest BCUT2D eigenvalue weighted by Gasteiger charge is 2.45. The van der Waals surface area contributed by atoms with Gasteiger partial charge in [0.15, 0.2) is 0 Å². The minimum atomic E-state index is -0.0829. The summed E-state index contributed by atoms with van der Waals surface area (Å²) in [7, 11) is 0. The number of rotatable bonds is 7. The molecule has 172 valence electrons. The first kappa shape index (κ1) is 26.1. The molecule has 0 spiro atoms. The number of carbonyl (C=O) groups is 1. The van der Waals surface area contributed by atoms with E-state index < -0.39 is 0 Å². The van der Waals surface area contributed by atoms with Crippen LogP contribution in [-0.4, -0.2) is 17.6 Å². The van der Waals surface area contributed by atoms with E-state index in [4.69, 9.17) is 15.5 Å². The third kappa shape index (κ3) is 5.09. The summed E-state index contributed by atoms with van der Waals surface area (Å²) < 4.78 is 5.22. The number of fused-ring (bicyclic) bond motifs is 1. The average molecular weight is 475 g/mol. The van der Waals surface area contributed by atoms with E-state index in [1.165, 1.54) is 22.3 Å². The highest BCUT2D eigenvalue weighted by molar-refractivity contribution is 5.97. The minimum Gasteiger partial charge on any atom is -0.466 e. The number of benzene rings is 2. The number of esters is 1. The van der Waals surface area contributed by atoms with Gasteiger partial charge >= 0.3 is 5.97 Å². The molecule has 3 aromatic rings. The lowest BCUT2D eigenvalue weighted by molar-refractivity contribution is -0.144. The number of halogens is 2. The van der Waals surface area contributed by atoms with Crippen LogP contribution in [0.3, 0.4) is 0 Å². The summed E-state index contributed by atoms with van der Waals surface area (Å²) in [5, 5.41) is 1.12. The highest BCUT2D eigenvalue weighted by atomic mass is 35.5. The fourth-order valence-corrected chi connectivity index (χ4v) is 4.39. The molecule has 2 atom stereocenters. The van der Waals surface area contributed by atoms with Crippen LogP contribution in [0.25, 0.3) is 22.0 Å². The van der Waals surface area contributed by atoms with Crippen molar-refractivity contribution >= 4 is 41.7 Å². The summed E-state index contributed by atoms with van der Waals surface area (Å²) in [6, 6.07) is 15.1. The van der Waals surface area contributed by atoms with Crippen LogP contribution in [-0.2, 0) is 22.5 Å². The molecule has 2 aromatic carbocycles. The van der Waals surface area contributed by atoms with Crippen molar-refractivity contribution in [3.05, 3.63) is 64.8 Å². The van der Waals surface area contributed by atoms with Gasteiger partial charge in [0.1, 0.15) is 0 Å². The second-order valence-corrected chi connectivity index (χ2v) is 8.21. The normalized spacial score (nSPS) is 16.8. The Labute approximate surface area is 202 Å². The number of pyridine rings is 1. The van der Waals surface area contributed by atoms with E-state index in [2.05, 4.69) is 56.3 Å². The van der Waals surface area contributed by atoms with E-state index in [-0.39, 0.29) is 42.6 Å². The Morgan fingerprint density at radius 2 is 1.84 bits per heavy atom. The summed E-state index contributed by atoms with van der Waals surface area (Å²) in [5.41, 5.74) is 14.2. The van der Waals surface area contributed by atoms with Gasteiger partial charge in [0, 0.05) is 17.6 Å². The maximum Gasteiger partial charge on any atom is 0.309 e. The summed E-state index contributed by atoms with van der Waals surface area (Å²) >= 11 is 0. The summed E-state index contributed by atoms with van der Waals surface area (Å²) in [5.74, 6) is 0.128. The maximum atomic E-state index is 12.1. The van der Waals surface area contributed by atoms with Crippen molar-refractivity contribution < 1.29 is 9.53 Å². The Morgan fingerprint density at radius 3 is 2.47 bits per heavy atom. The Bertz CT molecular complexity index is 1080. The van der Waals surface area contributed by atoms with Crippen LogP contribution in [0.1, 0.15) is 55.0 Å². The fraction of sp³-hybridized carbons (Fsp3) is 0.385. The quantitative estimate of drug-likeness (QED) is 0.418. The topological polar surface area (TPSA) is 65.2 Å². The minimum absolute atomic E-state index is 0. The van der Waals surface area contributed by atoms with Crippen LogP contribution >= 0.6 is 24.8 Å². The van der Waals surface area contributed by atoms with E-state index in [1.54, 1.807) is 0 Å². The van der Waals surface area contributed by atoms with E-state index in [1.807, 2.05) is 6.92 Å². The zero-order valence-electron chi connectivity index (χ0n) is 18.9. The number of nitrogens with zero attached hydrogens (tertiary/aromatic N) is 1. The predicted octanol–water partition coefficient (Wildman–Crippen LogP) is 6.13. The Kier molecular flexibility index (Phi) is 9.08. The van der Waals surface area contributed by atoms with Crippen molar-refractivity contribution in [1.82, 2.24) is 4.98 Å². The van der Waals surface area contributed by atoms with Crippen molar-refractivity contribution in [3.8, 4) is 11.1 Å². The number of carbonyl (C=O) groups excluding carboxylic acids is 1. The van der Waals surface area contributed by atoms with Crippen molar-refractivity contribution in [2.24, 2.45) is 11.7 Å². The number of nitrogens with two attached hydrogens (primary N) is 1. The largest absolute Gasteiger partial charge is 0.466 e. The fourth-order valence-electron chi connectivity index (χ4n) is 4.39. The molecule has 1 heterocycles. The predicted molar refractivity (Wildman–Crippen MR) is 136 cm³/mol. The smallest absolute Gasteiger partial charge is 0.309 e. The molecule has 1 aliphatic rings. The average Bonchev–Trinajstić information content (AvgIpc) is 3.55. The van der Waals surface area contributed by atoms with Gasteiger partial charge in [-0.25, -0.2) is 0 Å². The molecule has 0 saturated heterocycles. The molecular formula is C26H32Cl2N2O2. The summed E-state index contributed by atoms with van der Waals surface area (Å²) in [4.78, 5) is 17.1. The molecule has 0 bridgehead atoms. The van der Waals surface area contributed by atoms with Crippen LogP contribution in [0.2, 0.25) is 0 Å². The first-order valence-corrected chi connectivity index (χ1v) is 11.0. The van der Waals surface area contributed by atoms with E-state index in [9.17, 15) is 4.79 Å². The van der Waals surface area contributed by atoms with Gasteiger partial charge in [0.05, 0.1) is 18.0 Å². The molecule has 0 amide bonds. The molecule has 4 nitrogen and oxygen atoms in total. The molecule has 1 fully saturated rings. The van der Waals surface area contributed by atoms with Crippen LogP contribution < -0.4 is 5.73 Å². The molecule has 0 aliphatic heterocycles. The van der Waals surface area contributed by atoms with Crippen molar-refractivity contribution in [1.29, 1.82) is 0 Å². The van der Waals surface area contributed by atoms with Crippen molar-refractivity contribution in [2.45, 2.75) is 52.5 Å². The molecule has 1 saturated carbocycles. The SMILES string of the molecule is CCCc1nc2ccc(C3CC3C(=O)OCC)cc2c(-c2ccc(C)cc2)c1CN.Cl.Cl. The molecule has 2 N–H and O–H groups in total. The molecule has 32 heavy (non-hydrogen) atoms. The van der Waals surface area contributed by atoms with Crippen LogP contribution in [0.5, 0.6) is 0 Å². The first-order chi connectivity index (χ1) is 14.6. The van der Waals surface area contributed by atoms with Gasteiger partial charge in [-0.3, -0.25) is 9.78 Å². The Balaban J connectivity index is 0.00000181. The third-order valence-electron chi connectivity index (χ3n) is 6.03. The molecule has 6 heteroatoms. The van der Waals surface area contributed by atoms with Crippen molar-refractivity contribution in [3.63, 3.8) is 0 Å². The number of hydrogen-bond donors (Lipinski definition) is 1. The van der Waals surface area contributed by atoms with Gasteiger partial charge in [0.25, 0.3) is 0 Å². The number of aromatic nitrogens is 1. The van der Waals surface area contributed by atoms with E-state index in [0.29, 0.717) is 13.2 Å². The Morgan fingerprint density at radius 1 is 1.12 bits per heavy atom. The lowest BCUT2D eigenvalue weighted by Crippen LogP contribution is -2.08. The van der Waals surface area contributed by atoms with Gasteiger partial charge in [-0.15, -0.1) is 24.8 Å². The van der Waals surface area contributed by atoms with Crippen molar-refractivity contribution in [2.75, 3.05) is 6.61 Å². The zero-order chi connectivity index (χ0) is 21.3. The molecule has 0 radical (unpaired) electrons. The number of ether oxygens (including phenoxy) is 1. The first-order valence-electron chi connectivity index (χ1n) is 11.0. The maximum absolute atomic E-state index is 12.1. The standard InChI is InChI=1S/C26H30N2O2.2ClH/c1-4-6-23-22(15-27)25(17-9-7-16(3)8-10-17)21-13-18(11-12-24(21)28-23)19-14-20(19)26(29)30-5-2;;/h7-13,19-20H,4-6,14-15,27H2,1-3H3;2*1H. The number of hydrogen-bond acceptors (Lipinski definition) is 4. The lowest BCUT2D eigenvalue weighted by Gasteiger charge is -2.17. The van der Waals surface area contributed by atoms with Gasteiger partial charge in [0.2, 0.25) is 0 Å². The summed E-state index contributed by atoms with van der Waals surface area (Å²) in [6.07, 6.45) is 2.80. The van der Waals surface area contributed by atoms with Gasteiger partial charge in [-0.05, 0) is 67.0 Å². The molecule has 1 aliphatic carbocycles. The number of aryl methyl sites for hydroxylation is 2. The monoisotopic (exact) mass is 474 g/mol. The molecule has 4 rings (SSSR count). The second kappa shape index (κ2) is 11.1. The van der Waals surface area contributed by atoms with Crippen LogP contribution in [0.4, 0.5) is 0 Å². The van der Waals surface area contributed by atoms with Gasteiger partial charge in [-0.1, -0.05) is 49.2 Å².